The van der Waals surface area contributed by atoms with Crippen LogP contribution in [0.1, 0.15) is 25.3 Å². The maximum absolute atomic E-state index is 12.4. The van der Waals surface area contributed by atoms with Crippen molar-refractivity contribution < 1.29 is 18.3 Å². The molecule has 5 nitrogen and oxygen atoms in total. The summed E-state index contributed by atoms with van der Waals surface area (Å²) in [6, 6.07) is 4.91. The summed E-state index contributed by atoms with van der Waals surface area (Å²) in [6.07, 6.45) is 2.53. The van der Waals surface area contributed by atoms with Gasteiger partial charge in [-0.3, -0.25) is 0 Å². The topological polar surface area (TPSA) is 54.9 Å². The van der Waals surface area contributed by atoms with Crippen LogP contribution in [0.25, 0.3) is 0 Å². The molecule has 0 heterocycles. The van der Waals surface area contributed by atoms with E-state index in [0.29, 0.717) is 6.54 Å². The lowest BCUT2D eigenvalue weighted by molar-refractivity contribution is -0.0512. The number of halogens is 2. The second-order valence-corrected chi connectivity index (χ2v) is 5.38. The summed E-state index contributed by atoms with van der Waals surface area (Å²) in [5.74, 6) is 1.76. The van der Waals surface area contributed by atoms with E-state index in [2.05, 4.69) is 20.4 Å². The Morgan fingerprint density at radius 2 is 2.09 bits per heavy atom. The van der Waals surface area contributed by atoms with Crippen LogP contribution in [0, 0.1) is 5.92 Å². The van der Waals surface area contributed by atoms with Crippen LogP contribution in [0.5, 0.6) is 11.5 Å². The van der Waals surface area contributed by atoms with Crippen LogP contribution in [-0.4, -0.2) is 32.8 Å². The molecule has 1 aromatic rings. The number of ether oxygens (including phenoxy) is 2. The van der Waals surface area contributed by atoms with Gasteiger partial charge in [-0.1, -0.05) is 6.07 Å². The van der Waals surface area contributed by atoms with Crippen LogP contribution in [0.2, 0.25) is 0 Å². The smallest absolute Gasteiger partial charge is 0.387 e. The first-order chi connectivity index (χ1) is 11.1. The van der Waals surface area contributed by atoms with Crippen LogP contribution >= 0.6 is 0 Å². The third-order valence-electron chi connectivity index (χ3n) is 3.46. The van der Waals surface area contributed by atoms with E-state index >= 15 is 0 Å². The van der Waals surface area contributed by atoms with Crippen molar-refractivity contribution in [2.45, 2.75) is 32.9 Å². The lowest BCUT2D eigenvalue weighted by Gasteiger charge is -2.12. The molecule has 7 heteroatoms. The molecule has 2 rings (SSSR count). The van der Waals surface area contributed by atoms with E-state index in [9.17, 15) is 8.78 Å². The lowest BCUT2D eigenvalue weighted by Crippen LogP contribution is -2.38. The number of benzene rings is 1. The Morgan fingerprint density at radius 3 is 2.70 bits per heavy atom. The number of methoxy groups -OCH3 is 1. The fraction of sp³-hybridized carbons (Fsp3) is 0.562. The summed E-state index contributed by atoms with van der Waals surface area (Å²) in [4.78, 5) is 4.47. The molecule has 0 unspecified atom stereocenters. The average molecular weight is 327 g/mol. The zero-order valence-electron chi connectivity index (χ0n) is 13.4. The Kier molecular flexibility index (Phi) is 6.43. The molecule has 1 aliphatic rings. The summed E-state index contributed by atoms with van der Waals surface area (Å²) in [5.41, 5.74) is 0.769. The molecular weight excluding hydrogens is 304 g/mol. The highest BCUT2D eigenvalue weighted by molar-refractivity contribution is 5.79. The van der Waals surface area contributed by atoms with Crippen molar-refractivity contribution in [3.8, 4) is 11.5 Å². The Labute approximate surface area is 135 Å². The van der Waals surface area contributed by atoms with E-state index in [-0.39, 0.29) is 11.5 Å². The molecule has 23 heavy (non-hydrogen) atoms. The van der Waals surface area contributed by atoms with Gasteiger partial charge in [0.25, 0.3) is 0 Å². The quantitative estimate of drug-likeness (QED) is 0.569. The van der Waals surface area contributed by atoms with Crippen LogP contribution in [-0.2, 0) is 6.54 Å². The fourth-order valence-corrected chi connectivity index (χ4v) is 2.08. The maximum atomic E-state index is 12.4. The van der Waals surface area contributed by atoms with Gasteiger partial charge in [0.1, 0.15) is 0 Å². The van der Waals surface area contributed by atoms with Crippen LogP contribution in [0.4, 0.5) is 8.78 Å². The number of guanidine groups is 1. The van der Waals surface area contributed by atoms with Gasteiger partial charge in [0.15, 0.2) is 17.5 Å². The Balaban J connectivity index is 2.02. The number of hydrogen-bond donors (Lipinski definition) is 2. The van der Waals surface area contributed by atoms with E-state index in [1.54, 1.807) is 12.1 Å². The zero-order valence-corrected chi connectivity index (χ0v) is 13.4. The highest BCUT2D eigenvalue weighted by Crippen LogP contribution is 2.30. The minimum absolute atomic E-state index is 0.0196. The molecule has 2 N–H and O–H groups in total. The molecule has 0 saturated heterocycles. The average Bonchev–Trinajstić information content (AvgIpc) is 3.34. The molecule has 0 atom stereocenters. The largest absolute Gasteiger partial charge is 0.493 e. The van der Waals surface area contributed by atoms with Gasteiger partial charge < -0.3 is 20.1 Å². The monoisotopic (exact) mass is 327 g/mol. The van der Waals surface area contributed by atoms with Crippen LogP contribution in [0.3, 0.4) is 0 Å². The van der Waals surface area contributed by atoms with Crippen molar-refractivity contribution in [2.75, 3.05) is 20.2 Å². The molecule has 1 saturated carbocycles. The Hall–Kier alpha value is -2.05. The van der Waals surface area contributed by atoms with Gasteiger partial charge in [-0.05, 0) is 43.4 Å². The molecular formula is C16H23F2N3O2. The number of alkyl halides is 2. The molecule has 1 fully saturated rings. The van der Waals surface area contributed by atoms with Gasteiger partial charge in [0.05, 0.1) is 13.7 Å². The predicted molar refractivity (Wildman–Crippen MR) is 85.2 cm³/mol. The summed E-state index contributed by atoms with van der Waals surface area (Å²) in [7, 11) is 1.41. The van der Waals surface area contributed by atoms with E-state index in [0.717, 1.165) is 30.5 Å². The van der Waals surface area contributed by atoms with Crippen molar-refractivity contribution in [3.05, 3.63) is 23.8 Å². The molecule has 0 aromatic heterocycles. The van der Waals surface area contributed by atoms with E-state index in [1.165, 1.54) is 26.0 Å². The number of hydrogen-bond acceptors (Lipinski definition) is 3. The summed E-state index contributed by atoms with van der Waals surface area (Å²) in [5, 5.41) is 6.45. The van der Waals surface area contributed by atoms with Crippen molar-refractivity contribution in [1.29, 1.82) is 0 Å². The van der Waals surface area contributed by atoms with Gasteiger partial charge in [0, 0.05) is 13.1 Å². The standard InChI is InChI=1S/C16H23F2N3O2/c1-3-19-16(20-9-11-4-5-11)21-10-12-6-7-13(22-2)14(8-12)23-15(17)18/h6-8,11,15H,3-5,9-10H2,1-2H3,(H2,19,20,21). The number of aliphatic imine (C=N–C) groups is 1. The summed E-state index contributed by atoms with van der Waals surface area (Å²) in [6.45, 7) is 1.15. The van der Waals surface area contributed by atoms with Crippen molar-refractivity contribution in [2.24, 2.45) is 10.9 Å². The first-order valence-electron chi connectivity index (χ1n) is 7.76. The summed E-state index contributed by atoms with van der Waals surface area (Å²) >= 11 is 0. The fourth-order valence-electron chi connectivity index (χ4n) is 2.08. The summed E-state index contributed by atoms with van der Waals surface area (Å²) < 4.78 is 34.4. The number of nitrogens with one attached hydrogen (secondary N) is 2. The van der Waals surface area contributed by atoms with Crippen LogP contribution in [0.15, 0.2) is 23.2 Å². The molecule has 128 valence electrons. The van der Waals surface area contributed by atoms with Gasteiger partial charge in [-0.2, -0.15) is 8.78 Å². The maximum Gasteiger partial charge on any atom is 0.387 e. The van der Waals surface area contributed by atoms with Gasteiger partial charge in [0.2, 0.25) is 0 Å². The molecule has 0 radical (unpaired) electrons. The molecule has 0 spiro atoms. The van der Waals surface area contributed by atoms with E-state index in [4.69, 9.17) is 4.74 Å². The van der Waals surface area contributed by atoms with Crippen molar-refractivity contribution in [3.63, 3.8) is 0 Å². The first-order valence-corrected chi connectivity index (χ1v) is 7.76. The molecule has 0 aliphatic heterocycles. The Bertz CT molecular complexity index is 534. The second kappa shape index (κ2) is 8.55. The van der Waals surface area contributed by atoms with Gasteiger partial charge in [-0.25, -0.2) is 4.99 Å². The van der Waals surface area contributed by atoms with Crippen molar-refractivity contribution >= 4 is 5.96 Å². The third-order valence-corrected chi connectivity index (χ3v) is 3.46. The van der Waals surface area contributed by atoms with E-state index in [1.807, 2.05) is 6.92 Å². The Morgan fingerprint density at radius 1 is 1.30 bits per heavy atom. The molecule has 0 bridgehead atoms. The van der Waals surface area contributed by atoms with Gasteiger partial charge >= 0.3 is 6.61 Å². The zero-order chi connectivity index (χ0) is 16.7. The SMILES string of the molecule is CCNC(=NCc1ccc(OC)c(OC(F)F)c1)NCC1CC1. The highest BCUT2D eigenvalue weighted by Gasteiger charge is 2.21. The van der Waals surface area contributed by atoms with E-state index < -0.39 is 6.61 Å². The number of rotatable bonds is 8. The van der Waals surface area contributed by atoms with Gasteiger partial charge in [-0.15, -0.1) is 0 Å². The minimum Gasteiger partial charge on any atom is -0.493 e. The first kappa shape index (κ1) is 17.3. The number of nitrogens with zero attached hydrogens (tertiary/aromatic N) is 1. The molecule has 1 aliphatic carbocycles. The third kappa shape index (κ3) is 5.92. The molecule has 0 amide bonds. The molecule has 1 aromatic carbocycles. The predicted octanol–water partition coefficient (Wildman–Crippen LogP) is 2.76. The minimum atomic E-state index is -2.89. The van der Waals surface area contributed by atoms with Crippen molar-refractivity contribution in [1.82, 2.24) is 10.6 Å². The lowest BCUT2D eigenvalue weighted by atomic mass is 10.2. The highest BCUT2D eigenvalue weighted by atomic mass is 19.3. The second-order valence-electron chi connectivity index (χ2n) is 5.38. The normalized spacial score (nSPS) is 14.7. The van der Waals surface area contributed by atoms with Crippen LogP contribution < -0.4 is 20.1 Å².